The lowest BCUT2D eigenvalue weighted by Gasteiger charge is -2.31. The van der Waals surface area contributed by atoms with Gasteiger partial charge in [-0.3, -0.25) is 0 Å². The molecule has 0 heterocycles. The van der Waals surface area contributed by atoms with E-state index < -0.39 is 10.0 Å². The van der Waals surface area contributed by atoms with Gasteiger partial charge in [-0.05, 0) is 25.8 Å². The summed E-state index contributed by atoms with van der Waals surface area (Å²) in [6, 6.07) is 0. The predicted molar refractivity (Wildman–Crippen MR) is 69.1 cm³/mol. The highest BCUT2D eigenvalue weighted by atomic mass is 32.2. The van der Waals surface area contributed by atoms with Crippen LogP contribution in [0.2, 0.25) is 0 Å². The lowest BCUT2D eigenvalue weighted by molar-refractivity contribution is 0.341. The normalized spacial score (nSPS) is 13.0. The van der Waals surface area contributed by atoms with E-state index in [9.17, 15) is 8.42 Å². The molecule has 0 amide bonds. The average Bonchev–Trinajstić information content (AvgIpc) is 2.26. The van der Waals surface area contributed by atoms with E-state index in [0.29, 0.717) is 6.54 Å². The van der Waals surface area contributed by atoms with Gasteiger partial charge >= 0.3 is 0 Å². The molecule has 0 unspecified atom stereocenters. The van der Waals surface area contributed by atoms with Crippen LogP contribution in [0.1, 0.15) is 47.0 Å². The van der Waals surface area contributed by atoms with Gasteiger partial charge < -0.3 is 5.32 Å². The highest BCUT2D eigenvalue weighted by Crippen LogP contribution is 2.20. The van der Waals surface area contributed by atoms with Crippen molar-refractivity contribution in [2.45, 2.75) is 52.5 Å². The van der Waals surface area contributed by atoms with E-state index in [-0.39, 0.29) is 11.3 Å². The molecular weight excluding hydrogens is 224 g/mol. The van der Waals surface area contributed by atoms with Gasteiger partial charge in [0.2, 0.25) is 10.0 Å². The Labute approximate surface area is 100 Å². The summed E-state index contributed by atoms with van der Waals surface area (Å²) < 4.78 is 26.5. The fourth-order valence-corrected chi connectivity index (χ4v) is 3.34. The molecular formula is C11H26N2O2S. The van der Waals surface area contributed by atoms with E-state index in [0.717, 1.165) is 25.8 Å². The van der Waals surface area contributed by atoms with Crippen LogP contribution in [0.3, 0.4) is 0 Å². The van der Waals surface area contributed by atoms with Gasteiger partial charge in [0, 0.05) is 12.1 Å². The van der Waals surface area contributed by atoms with Gasteiger partial charge in [-0.15, -0.1) is 0 Å². The number of hydrogen-bond donors (Lipinski definition) is 2. The minimum absolute atomic E-state index is 0.155. The fraction of sp³-hybridized carbons (Fsp3) is 1.00. The van der Waals surface area contributed by atoms with Crippen molar-refractivity contribution in [1.82, 2.24) is 10.0 Å². The molecule has 4 nitrogen and oxygen atoms in total. The summed E-state index contributed by atoms with van der Waals surface area (Å²) in [6.07, 6.45) is 2.50. The Bertz CT molecular complexity index is 263. The number of rotatable bonds is 9. The molecule has 0 rings (SSSR count). The van der Waals surface area contributed by atoms with Crippen molar-refractivity contribution in [1.29, 1.82) is 0 Å². The van der Waals surface area contributed by atoms with E-state index in [1.165, 1.54) is 0 Å². The van der Waals surface area contributed by atoms with Crippen molar-refractivity contribution >= 4 is 10.0 Å². The molecule has 0 aromatic carbocycles. The van der Waals surface area contributed by atoms with E-state index in [1.54, 1.807) is 0 Å². The second kappa shape index (κ2) is 7.25. The maximum atomic E-state index is 11.8. The Hall–Kier alpha value is -0.130. The molecule has 0 fully saturated rings. The maximum Gasteiger partial charge on any atom is 0.213 e. The molecule has 0 aromatic rings. The molecule has 2 N–H and O–H groups in total. The van der Waals surface area contributed by atoms with Crippen molar-refractivity contribution in [2.75, 3.05) is 18.8 Å². The van der Waals surface area contributed by atoms with Crippen LogP contribution < -0.4 is 10.0 Å². The molecule has 0 aliphatic heterocycles. The van der Waals surface area contributed by atoms with Crippen LogP contribution in [-0.4, -0.2) is 32.8 Å². The van der Waals surface area contributed by atoms with E-state index in [1.807, 2.05) is 27.7 Å². The van der Waals surface area contributed by atoms with Crippen LogP contribution in [-0.2, 0) is 10.0 Å². The first kappa shape index (κ1) is 15.9. The smallest absolute Gasteiger partial charge is 0.213 e. The third-order valence-corrected chi connectivity index (χ3v) is 4.69. The largest absolute Gasteiger partial charge is 0.316 e. The molecule has 0 saturated carbocycles. The second-order valence-electron chi connectivity index (χ2n) is 4.12. The lowest BCUT2D eigenvalue weighted by atomic mass is 9.91. The summed E-state index contributed by atoms with van der Waals surface area (Å²) in [5.41, 5.74) is -0.259. The Kier molecular flexibility index (Phi) is 7.19. The van der Waals surface area contributed by atoms with Gasteiger partial charge in [0.15, 0.2) is 0 Å². The van der Waals surface area contributed by atoms with E-state index in [2.05, 4.69) is 10.0 Å². The first-order chi connectivity index (χ1) is 7.45. The fourth-order valence-electron chi connectivity index (χ4n) is 1.73. The SMILES string of the molecule is CCNCCS(=O)(=O)NC(CC)(CC)CC. The number of hydrogen-bond acceptors (Lipinski definition) is 3. The van der Waals surface area contributed by atoms with Crippen molar-refractivity contribution in [2.24, 2.45) is 0 Å². The maximum absolute atomic E-state index is 11.8. The lowest BCUT2D eigenvalue weighted by Crippen LogP contribution is -2.48. The zero-order valence-electron chi connectivity index (χ0n) is 11.0. The Morgan fingerprint density at radius 3 is 1.88 bits per heavy atom. The van der Waals surface area contributed by atoms with Crippen molar-refractivity contribution in [3.63, 3.8) is 0 Å². The Morgan fingerprint density at radius 2 is 1.50 bits per heavy atom. The second-order valence-corrected chi connectivity index (χ2v) is 5.96. The Morgan fingerprint density at radius 1 is 1.00 bits per heavy atom. The standard InChI is InChI=1S/C11H26N2O2S/c1-5-11(6-2,7-3)13-16(14,15)10-9-12-8-4/h12-13H,5-10H2,1-4H3. The summed E-state index contributed by atoms with van der Waals surface area (Å²) >= 11 is 0. The van der Waals surface area contributed by atoms with Gasteiger partial charge in [-0.1, -0.05) is 27.7 Å². The summed E-state index contributed by atoms with van der Waals surface area (Å²) in [7, 11) is -3.16. The molecule has 5 heteroatoms. The van der Waals surface area contributed by atoms with Gasteiger partial charge in [0.25, 0.3) is 0 Å². The highest BCUT2D eigenvalue weighted by molar-refractivity contribution is 7.89. The minimum Gasteiger partial charge on any atom is -0.316 e. The third-order valence-electron chi connectivity index (χ3n) is 3.20. The summed E-state index contributed by atoms with van der Waals surface area (Å²) in [5, 5.41) is 3.03. The summed E-state index contributed by atoms with van der Waals surface area (Å²) in [6.45, 7) is 9.36. The molecule has 0 aliphatic carbocycles. The third kappa shape index (κ3) is 5.27. The molecule has 0 spiro atoms. The molecule has 0 radical (unpaired) electrons. The first-order valence-corrected chi connectivity index (χ1v) is 7.82. The quantitative estimate of drug-likeness (QED) is 0.610. The molecule has 0 saturated heterocycles. The van der Waals surface area contributed by atoms with E-state index in [4.69, 9.17) is 0 Å². The molecule has 0 aromatic heterocycles. The molecule has 98 valence electrons. The summed E-state index contributed by atoms with van der Waals surface area (Å²) in [5.74, 6) is 0.155. The summed E-state index contributed by atoms with van der Waals surface area (Å²) in [4.78, 5) is 0. The molecule has 16 heavy (non-hydrogen) atoms. The van der Waals surface area contributed by atoms with Crippen molar-refractivity contribution < 1.29 is 8.42 Å². The van der Waals surface area contributed by atoms with Gasteiger partial charge in [-0.25, -0.2) is 13.1 Å². The van der Waals surface area contributed by atoms with Gasteiger partial charge in [0.1, 0.15) is 0 Å². The molecule has 0 atom stereocenters. The van der Waals surface area contributed by atoms with E-state index >= 15 is 0 Å². The average molecular weight is 250 g/mol. The van der Waals surface area contributed by atoms with Crippen LogP contribution in [0.15, 0.2) is 0 Å². The zero-order chi connectivity index (χ0) is 12.7. The minimum atomic E-state index is -3.16. The van der Waals surface area contributed by atoms with Crippen LogP contribution in [0.4, 0.5) is 0 Å². The van der Waals surface area contributed by atoms with Crippen LogP contribution >= 0.6 is 0 Å². The topological polar surface area (TPSA) is 58.2 Å². The molecule has 0 aliphatic rings. The first-order valence-electron chi connectivity index (χ1n) is 6.17. The zero-order valence-corrected chi connectivity index (χ0v) is 11.8. The Balaban J connectivity index is 4.42. The highest BCUT2D eigenvalue weighted by Gasteiger charge is 2.28. The van der Waals surface area contributed by atoms with Crippen LogP contribution in [0.5, 0.6) is 0 Å². The van der Waals surface area contributed by atoms with Gasteiger partial charge in [-0.2, -0.15) is 0 Å². The number of nitrogens with one attached hydrogen (secondary N) is 2. The van der Waals surface area contributed by atoms with Crippen molar-refractivity contribution in [3.8, 4) is 0 Å². The molecule has 0 bridgehead atoms. The van der Waals surface area contributed by atoms with Crippen LogP contribution in [0, 0.1) is 0 Å². The van der Waals surface area contributed by atoms with Gasteiger partial charge in [0.05, 0.1) is 5.75 Å². The van der Waals surface area contributed by atoms with Crippen molar-refractivity contribution in [3.05, 3.63) is 0 Å². The van der Waals surface area contributed by atoms with Crippen LogP contribution in [0.25, 0.3) is 0 Å². The number of sulfonamides is 1. The monoisotopic (exact) mass is 250 g/mol. The predicted octanol–water partition coefficient (Wildman–Crippen LogP) is 1.48.